The van der Waals surface area contributed by atoms with Crippen LogP contribution in [0.4, 0.5) is 18.9 Å². The predicted octanol–water partition coefficient (Wildman–Crippen LogP) is 1.87. The van der Waals surface area contributed by atoms with Gasteiger partial charge < -0.3 is 19.9 Å². The van der Waals surface area contributed by atoms with E-state index in [1.807, 2.05) is 5.32 Å². The first-order valence-electron chi connectivity index (χ1n) is 8.06. The lowest BCUT2D eigenvalue weighted by atomic mass is 10.1. The minimum absolute atomic E-state index is 0.127. The van der Waals surface area contributed by atoms with E-state index < -0.39 is 54.1 Å². The lowest BCUT2D eigenvalue weighted by Crippen LogP contribution is -2.35. The number of hydrogen-bond donors (Lipinski definition) is 2. The van der Waals surface area contributed by atoms with E-state index in [-0.39, 0.29) is 11.3 Å². The number of amides is 2. The third kappa shape index (κ3) is 4.87. The third-order valence-corrected chi connectivity index (χ3v) is 3.56. The number of halogens is 3. The number of rotatable bonds is 7. The summed E-state index contributed by atoms with van der Waals surface area (Å²) in [6, 6.07) is 1.48. The highest BCUT2D eigenvalue weighted by atomic mass is 19.2. The molecule has 1 heterocycles. The molecule has 0 saturated carbocycles. The maximum Gasteiger partial charge on any atom is 0.344 e. The largest absolute Gasteiger partial charge is 0.452 e. The molecule has 28 heavy (non-hydrogen) atoms. The van der Waals surface area contributed by atoms with E-state index >= 15 is 0 Å². The van der Waals surface area contributed by atoms with Crippen molar-refractivity contribution < 1.29 is 36.8 Å². The van der Waals surface area contributed by atoms with Crippen LogP contribution in [0, 0.1) is 24.4 Å². The fraction of sp³-hybridized carbons (Fsp3) is 0.294. The zero-order valence-corrected chi connectivity index (χ0v) is 14.9. The number of nitrogens with one attached hydrogen (secondary N) is 2. The zero-order valence-electron chi connectivity index (χ0n) is 14.9. The van der Waals surface area contributed by atoms with Crippen LogP contribution in [0.15, 0.2) is 16.7 Å². The van der Waals surface area contributed by atoms with E-state index in [0.717, 1.165) is 6.07 Å². The Balaban J connectivity index is 1.82. The maximum absolute atomic E-state index is 13.5. The van der Waals surface area contributed by atoms with E-state index in [4.69, 9.17) is 9.26 Å². The lowest BCUT2D eigenvalue weighted by Gasteiger charge is -2.09. The van der Waals surface area contributed by atoms with Crippen LogP contribution in [-0.2, 0) is 20.7 Å². The van der Waals surface area contributed by atoms with Crippen molar-refractivity contribution >= 4 is 23.5 Å². The van der Waals surface area contributed by atoms with Crippen molar-refractivity contribution in [3.8, 4) is 0 Å². The Kier molecular flexibility index (Phi) is 6.74. The second-order valence-corrected chi connectivity index (χ2v) is 5.54. The molecule has 2 rings (SSSR count). The van der Waals surface area contributed by atoms with Crippen molar-refractivity contribution in [2.24, 2.45) is 0 Å². The predicted molar refractivity (Wildman–Crippen MR) is 88.9 cm³/mol. The van der Waals surface area contributed by atoms with Crippen LogP contribution in [0.3, 0.4) is 0 Å². The van der Waals surface area contributed by atoms with Gasteiger partial charge in [-0.05, 0) is 25.5 Å². The number of ether oxygens (including phenoxy) is 1. The summed E-state index contributed by atoms with van der Waals surface area (Å²) in [5, 5.41) is 7.80. The molecule has 8 nitrogen and oxygen atoms in total. The summed E-state index contributed by atoms with van der Waals surface area (Å²) >= 11 is 0. The van der Waals surface area contributed by atoms with Crippen molar-refractivity contribution in [2.75, 3.05) is 18.5 Å². The van der Waals surface area contributed by atoms with Gasteiger partial charge in [0.2, 0.25) is 5.91 Å². The number of aryl methyl sites for hydroxylation is 2. The Morgan fingerprint density at radius 1 is 1.14 bits per heavy atom. The average Bonchev–Trinajstić information content (AvgIpc) is 3.05. The van der Waals surface area contributed by atoms with Gasteiger partial charge in [-0.25, -0.2) is 18.0 Å². The van der Waals surface area contributed by atoms with Crippen LogP contribution in [-0.4, -0.2) is 36.1 Å². The van der Waals surface area contributed by atoms with Gasteiger partial charge in [0.15, 0.2) is 24.1 Å². The van der Waals surface area contributed by atoms with Gasteiger partial charge in [-0.1, -0.05) is 12.1 Å². The summed E-state index contributed by atoms with van der Waals surface area (Å²) in [6.07, 6.45) is 0.425. The van der Waals surface area contributed by atoms with Gasteiger partial charge >= 0.3 is 5.97 Å². The Morgan fingerprint density at radius 3 is 2.54 bits per heavy atom. The highest BCUT2D eigenvalue weighted by molar-refractivity contribution is 5.96. The van der Waals surface area contributed by atoms with Gasteiger partial charge in [0.25, 0.3) is 5.91 Å². The van der Waals surface area contributed by atoms with Gasteiger partial charge in [-0.2, -0.15) is 0 Å². The first-order chi connectivity index (χ1) is 13.2. The van der Waals surface area contributed by atoms with Crippen LogP contribution in [0.2, 0.25) is 0 Å². The van der Waals surface area contributed by atoms with Crippen LogP contribution in [0.1, 0.15) is 28.7 Å². The average molecular weight is 399 g/mol. The summed E-state index contributed by atoms with van der Waals surface area (Å²) in [5.74, 6) is -6.96. The summed E-state index contributed by atoms with van der Waals surface area (Å²) in [7, 11) is 0. The van der Waals surface area contributed by atoms with Gasteiger partial charge in [-0.15, -0.1) is 0 Å². The van der Waals surface area contributed by atoms with Crippen molar-refractivity contribution in [1.82, 2.24) is 10.5 Å². The minimum Gasteiger partial charge on any atom is -0.452 e. The second kappa shape index (κ2) is 9.02. The van der Waals surface area contributed by atoms with Gasteiger partial charge in [0, 0.05) is 0 Å². The summed E-state index contributed by atoms with van der Waals surface area (Å²) < 4.78 is 49.1. The van der Waals surface area contributed by atoms with Crippen LogP contribution < -0.4 is 10.6 Å². The third-order valence-electron chi connectivity index (χ3n) is 3.56. The highest BCUT2D eigenvalue weighted by Crippen LogP contribution is 2.19. The lowest BCUT2D eigenvalue weighted by molar-refractivity contribution is -0.126. The molecule has 0 atom stereocenters. The molecule has 2 amide bonds. The summed E-state index contributed by atoms with van der Waals surface area (Å²) in [4.78, 5) is 35.4. The van der Waals surface area contributed by atoms with E-state index in [0.29, 0.717) is 18.2 Å². The fourth-order valence-electron chi connectivity index (χ4n) is 2.17. The minimum atomic E-state index is -1.73. The van der Waals surface area contributed by atoms with E-state index in [2.05, 4.69) is 10.5 Å². The summed E-state index contributed by atoms with van der Waals surface area (Å²) in [6.45, 7) is 1.99. The fourth-order valence-corrected chi connectivity index (χ4v) is 2.17. The number of aromatic nitrogens is 1. The molecule has 2 aromatic rings. The van der Waals surface area contributed by atoms with Crippen LogP contribution in [0.25, 0.3) is 0 Å². The standard InChI is InChI=1S/C17H16F3N3O5/c1-3-10-14(8(2)28-23-10)17(26)27-7-13(25)21-6-12(24)22-11-5-4-9(18)15(19)16(11)20/h4-5H,3,6-7H2,1-2H3,(H,21,25)(H,22,24). The maximum atomic E-state index is 13.5. The first kappa shape index (κ1) is 20.9. The summed E-state index contributed by atoms with van der Waals surface area (Å²) in [5.41, 5.74) is -0.0719. The smallest absolute Gasteiger partial charge is 0.344 e. The van der Waals surface area contributed by atoms with Crippen molar-refractivity contribution in [2.45, 2.75) is 20.3 Å². The molecule has 11 heteroatoms. The normalized spacial score (nSPS) is 10.5. The van der Waals surface area contributed by atoms with Crippen molar-refractivity contribution in [1.29, 1.82) is 0 Å². The number of hydrogen-bond acceptors (Lipinski definition) is 6. The zero-order chi connectivity index (χ0) is 20.8. The molecule has 0 saturated heterocycles. The van der Waals surface area contributed by atoms with E-state index in [9.17, 15) is 27.6 Å². The molecule has 2 N–H and O–H groups in total. The van der Waals surface area contributed by atoms with Gasteiger partial charge in [0.1, 0.15) is 11.3 Å². The molecule has 150 valence electrons. The Hall–Kier alpha value is -3.37. The monoisotopic (exact) mass is 399 g/mol. The van der Waals surface area contributed by atoms with E-state index in [1.165, 1.54) is 6.92 Å². The molecular formula is C17H16F3N3O5. The second-order valence-electron chi connectivity index (χ2n) is 5.54. The Labute approximate surface area is 157 Å². The molecule has 0 radical (unpaired) electrons. The molecule has 1 aromatic carbocycles. The number of nitrogens with zero attached hydrogens (tertiary/aromatic N) is 1. The Bertz CT molecular complexity index is 914. The molecule has 0 unspecified atom stereocenters. The molecule has 0 aliphatic rings. The topological polar surface area (TPSA) is 111 Å². The molecule has 0 aliphatic carbocycles. The van der Waals surface area contributed by atoms with Crippen LogP contribution in [0.5, 0.6) is 0 Å². The number of carbonyl (C=O) groups excluding carboxylic acids is 3. The quantitative estimate of drug-likeness (QED) is 0.543. The first-order valence-corrected chi connectivity index (χ1v) is 8.06. The molecule has 0 fully saturated rings. The van der Waals surface area contributed by atoms with Crippen molar-refractivity contribution in [3.05, 3.63) is 46.6 Å². The number of benzene rings is 1. The Morgan fingerprint density at radius 2 is 1.86 bits per heavy atom. The van der Waals surface area contributed by atoms with Gasteiger partial charge in [0.05, 0.1) is 17.9 Å². The van der Waals surface area contributed by atoms with Crippen LogP contribution >= 0.6 is 0 Å². The van der Waals surface area contributed by atoms with Gasteiger partial charge in [-0.3, -0.25) is 9.59 Å². The SMILES string of the molecule is CCc1noc(C)c1C(=O)OCC(=O)NCC(=O)Nc1ccc(F)c(F)c1F. The van der Waals surface area contributed by atoms with Crippen molar-refractivity contribution in [3.63, 3.8) is 0 Å². The number of esters is 1. The van der Waals surface area contributed by atoms with E-state index in [1.54, 1.807) is 6.92 Å². The highest BCUT2D eigenvalue weighted by Gasteiger charge is 2.21. The number of carbonyl (C=O) groups is 3. The molecular weight excluding hydrogens is 383 g/mol. The molecule has 0 bridgehead atoms. The number of anilines is 1. The molecule has 1 aromatic heterocycles. The molecule has 0 spiro atoms. The molecule has 0 aliphatic heterocycles.